The van der Waals surface area contributed by atoms with Crippen LogP contribution in [0.3, 0.4) is 0 Å². The van der Waals surface area contributed by atoms with E-state index in [1.807, 2.05) is 18.2 Å². The van der Waals surface area contributed by atoms with Crippen LogP contribution in [0.4, 0.5) is 0 Å². The Morgan fingerprint density at radius 2 is 2.25 bits per heavy atom. The molecule has 1 saturated carbocycles. The Bertz CT molecular complexity index is 604. The number of aromatic nitrogens is 1. The largest absolute Gasteiger partial charge is 0.301 e. The molecule has 20 heavy (non-hydrogen) atoms. The van der Waals surface area contributed by atoms with Gasteiger partial charge in [-0.3, -0.25) is 0 Å². The maximum Gasteiger partial charge on any atom is 0.115 e. The van der Waals surface area contributed by atoms with Gasteiger partial charge in [0.15, 0.2) is 0 Å². The van der Waals surface area contributed by atoms with E-state index < -0.39 is 0 Å². The highest BCUT2D eigenvalue weighted by Crippen LogP contribution is 2.33. The summed E-state index contributed by atoms with van der Waals surface area (Å²) in [6.45, 7) is 4.32. The first-order valence-corrected chi connectivity index (χ1v) is 8.34. The average molecular weight is 307 g/mol. The standard InChI is InChI=1S/C16H19ClN2S/c1-3-14-10(2)20-16(19-14)15(18-13-7-8-13)11-5-4-6-12(17)9-11/h4-6,9,13,15,18H,3,7-8H2,1-2H3. The zero-order chi connectivity index (χ0) is 14.1. The van der Waals surface area contributed by atoms with E-state index in [4.69, 9.17) is 16.6 Å². The lowest BCUT2D eigenvalue weighted by molar-refractivity contribution is 0.597. The molecule has 2 aromatic rings. The second-order valence-corrected chi connectivity index (χ2v) is 7.01. The lowest BCUT2D eigenvalue weighted by Crippen LogP contribution is -2.24. The molecule has 1 atom stereocenters. The molecule has 1 aliphatic rings. The van der Waals surface area contributed by atoms with Gasteiger partial charge in [-0.25, -0.2) is 4.98 Å². The van der Waals surface area contributed by atoms with E-state index in [0.29, 0.717) is 6.04 Å². The molecule has 2 nitrogen and oxygen atoms in total. The molecule has 3 rings (SSSR count). The van der Waals surface area contributed by atoms with Crippen molar-refractivity contribution in [2.45, 2.75) is 45.2 Å². The van der Waals surface area contributed by atoms with Gasteiger partial charge in [0.05, 0.1) is 11.7 Å². The van der Waals surface area contributed by atoms with Crippen LogP contribution in [0.5, 0.6) is 0 Å². The van der Waals surface area contributed by atoms with Crippen LogP contribution in [-0.4, -0.2) is 11.0 Å². The van der Waals surface area contributed by atoms with Crippen molar-refractivity contribution in [3.05, 3.63) is 50.4 Å². The molecule has 1 aromatic heterocycles. The van der Waals surface area contributed by atoms with E-state index >= 15 is 0 Å². The summed E-state index contributed by atoms with van der Waals surface area (Å²) < 4.78 is 0. The molecule has 0 bridgehead atoms. The molecular weight excluding hydrogens is 288 g/mol. The molecule has 1 fully saturated rings. The van der Waals surface area contributed by atoms with Crippen molar-refractivity contribution < 1.29 is 0 Å². The summed E-state index contributed by atoms with van der Waals surface area (Å²) in [5.41, 5.74) is 2.43. The van der Waals surface area contributed by atoms with Gasteiger partial charge in [0.2, 0.25) is 0 Å². The highest BCUT2D eigenvalue weighted by Gasteiger charge is 2.28. The fraction of sp³-hybridized carbons (Fsp3) is 0.438. The molecule has 0 aliphatic heterocycles. The summed E-state index contributed by atoms with van der Waals surface area (Å²) >= 11 is 7.95. The predicted octanol–water partition coefficient (Wildman–Crippen LogP) is 4.51. The van der Waals surface area contributed by atoms with Crippen molar-refractivity contribution in [3.63, 3.8) is 0 Å². The number of halogens is 1. The second-order valence-electron chi connectivity index (χ2n) is 5.34. The number of thiazole rings is 1. The van der Waals surface area contributed by atoms with Crippen LogP contribution in [-0.2, 0) is 6.42 Å². The van der Waals surface area contributed by atoms with Crippen molar-refractivity contribution in [2.24, 2.45) is 0 Å². The SMILES string of the molecule is CCc1nc(C(NC2CC2)c2cccc(Cl)c2)sc1C. The molecule has 1 aliphatic carbocycles. The van der Waals surface area contributed by atoms with Gasteiger partial charge in [0.1, 0.15) is 5.01 Å². The van der Waals surface area contributed by atoms with E-state index in [9.17, 15) is 0 Å². The Kier molecular flexibility index (Phi) is 4.11. The molecule has 106 valence electrons. The van der Waals surface area contributed by atoms with Gasteiger partial charge in [-0.1, -0.05) is 30.7 Å². The fourth-order valence-electron chi connectivity index (χ4n) is 2.38. The van der Waals surface area contributed by atoms with Gasteiger partial charge in [0.25, 0.3) is 0 Å². The van der Waals surface area contributed by atoms with Crippen molar-refractivity contribution in [1.82, 2.24) is 10.3 Å². The summed E-state index contributed by atoms with van der Waals surface area (Å²) in [6, 6.07) is 8.92. The molecular formula is C16H19ClN2S. The van der Waals surface area contributed by atoms with Gasteiger partial charge >= 0.3 is 0 Å². The molecule has 0 radical (unpaired) electrons. The molecule has 1 aromatic carbocycles. The number of nitrogens with one attached hydrogen (secondary N) is 1. The number of hydrogen-bond acceptors (Lipinski definition) is 3. The van der Waals surface area contributed by atoms with Crippen molar-refractivity contribution in [1.29, 1.82) is 0 Å². The minimum absolute atomic E-state index is 0.171. The quantitative estimate of drug-likeness (QED) is 0.879. The van der Waals surface area contributed by atoms with Crippen LogP contribution < -0.4 is 5.32 Å². The highest BCUT2D eigenvalue weighted by atomic mass is 35.5. The molecule has 1 heterocycles. The number of rotatable bonds is 5. The molecule has 0 saturated heterocycles. The van der Waals surface area contributed by atoms with Crippen LogP contribution in [0.15, 0.2) is 24.3 Å². The predicted molar refractivity (Wildman–Crippen MR) is 85.7 cm³/mol. The van der Waals surface area contributed by atoms with E-state index in [0.717, 1.165) is 16.5 Å². The van der Waals surface area contributed by atoms with Gasteiger partial charge < -0.3 is 5.32 Å². The number of nitrogens with zero attached hydrogens (tertiary/aromatic N) is 1. The molecule has 0 amide bonds. The molecule has 1 unspecified atom stereocenters. The third-order valence-electron chi connectivity index (χ3n) is 3.65. The van der Waals surface area contributed by atoms with E-state index in [1.165, 1.54) is 29.0 Å². The fourth-order valence-corrected chi connectivity index (χ4v) is 3.68. The zero-order valence-electron chi connectivity index (χ0n) is 11.8. The van der Waals surface area contributed by atoms with Gasteiger partial charge in [-0.15, -0.1) is 11.3 Å². The van der Waals surface area contributed by atoms with Gasteiger partial charge in [0, 0.05) is 15.9 Å². The number of benzene rings is 1. The lowest BCUT2D eigenvalue weighted by atomic mass is 10.1. The van der Waals surface area contributed by atoms with Crippen LogP contribution in [0, 0.1) is 6.92 Å². The molecule has 1 N–H and O–H groups in total. The van der Waals surface area contributed by atoms with Crippen molar-refractivity contribution in [3.8, 4) is 0 Å². The van der Waals surface area contributed by atoms with Crippen LogP contribution >= 0.6 is 22.9 Å². The lowest BCUT2D eigenvalue weighted by Gasteiger charge is -2.17. The van der Waals surface area contributed by atoms with Crippen LogP contribution in [0.25, 0.3) is 0 Å². The van der Waals surface area contributed by atoms with Gasteiger partial charge in [-0.2, -0.15) is 0 Å². The van der Waals surface area contributed by atoms with Crippen LogP contribution in [0.1, 0.15) is 46.9 Å². The van der Waals surface area contributed by atoms with Crippen molar-refractivity contribution >= 4 is 22.9 Å². The summed E-state index contributed by atoms with van der Waals surface area (Å²) in [4.78, 5) is 6.15. The van der Waals surface area contributed by atoms with Gasteiger partial charge in [-0.05, 0) is 43.9 Å². The first-order chi connectivity index (χ1) is 9.67. The van der Waals surface area contributed by atoms with Crippen molar-refractivity contribution in [2.75, 3.05) is 0 Å². The van der Waals surface area contributed by atoms with Crippen LogP contribution in [0.2, 0.25) is 5.02 Å². The summed E-state index contributed by atoms with van der Waals surface area (Å²) in [5, 5.41) is 5.65. The Hall–Kier alpha value is -0.900. The van der Waals surface area contributed by atoms with E-state index in [1.54, 1.807) is 11.3 Å². The Labute approximate surface area is 129 Å². The minimum atomic E-state index is 0.171. The second kappa shape index (κ2) is 5.84. The maximum absolute atomic E-state index is 6.15. The first kappa shape index (κ1) is 14.1. The summed E-state index contributed by atoms with van der Waals surface area (Å²) in [6.07, 6.45) is 3.53. The summed E-state index contributed by atoms with van der Waals surface area (Å²) in [5.74, 6) is 0. The number of hydrogen-bond donors (Lipinski definition) is 1. The smallest absolute Gasteiger partial charge is 0.115 e. The average Bonchev–Trinajstić information content (AvgIpc) is 3.18. The zero-order valence-corrected chi connectivity index (χ0v) is 13.4. The molecule has 0 spiro atoms. The Morgan fingerprint density at radius 1 is 1.45 bits per heavy atom. The third kappa shape index (κ3) is 3.05. The first-order valence-electron chi connectivity index (χ1n) is 7.15. The highest BCUT2D eigenvalue weighted by molar-refractivity contribution is 7.11. The summed E-state index contributed by atoms with van der Waals surface area (Å²) in [7, 11) is 0. The normalized spacial score (nSPS) is 16.4. The molecule has 4 heteroatoms. The topological polar surface area (TPSA) is 24.9 Å². The maximum atomic E-state index is 6.15. The third-order valence-corrected chi connectivity index (χ3v) is 4.97. The Morgan fingerprint density at radius 3 is 2.85 bits per heavy atom. The monoisotopic (exact) mass is 306 g/mol. The number of aryl methyl sites for hydroxylation is 2. The van der Waals surface area contributed by atoms with E-state index in [-0.39, 0.29) is 6.04 Å². The van der Waals surface area contributed by atoms with E-state index in [2.05, 4.69) is 25.2 Å². The Balaban J connectivity index is 1.96. The minimum Gasteiger partial charge on any atom is -0.301 e.